The summed E-state index contributed by atoms with van der Waals surface area (Å²) in [5, 5.41) is 5.84. The summed E-state index contributed by atoms with van der Waals surface area (Å²) in [6.45, 7) is 17.5. The molecule has 0 saturated heterocycles. The van der Waals surface area contributed by atoms with Crippen molar-refractivity contribution in [2.24, 2.45) is 5.92 Å². The van der Waals surface area contributed by atoms with Crippen LogP contribution in [-0.2, 0) is 14.3 Å². The van der Waals surface area contributed by atoms with Crippen LogP contribution in [0.4, 0.5) is 4.79 Å². The molecule has 3 atom stereocenters. The lowest BCUT2D eigenvalue weighted by Crippen LogP contribution is -2.54. The average Bonchev–Trinajstić information content (AvgIpc) is 2.70. The standard InChI is InChI=1S/C27H45N3O4/c1-10-14-20(6)28-24(31)23(21-16-13-12-15-19(21)5)30(11-2)25(32)22(17-18(3)4)29-26(33)34-27(7,8)9/h12-13,15-16,18,20,22-23H,10-11,14,17H2,1-9H3,(H,28,31)(H,29,33). The van der Waals surface area contributed by atoms with Gasteiger partial charge in [-0.15, -0.1) is 0 Å². The SMILES string of the molecule is CCCC(C)NC(=O)C(c1ccccc1C)N(CC)C(=O)C(CC(C)C)NC(=O)OC(C)(C)C. The maximum atomic E-state index is 13.8. The van der Waals surface area contributed by atoms with Crippen LogP contribution in [0.5, 0.6) is 0 Å². The molecule has 0 aliphatic rings. The van der Waals surface area contributed by atoms with E-state index in [4.69, 9.17) is 4.74 Å². The highest BCUT2D eigenvalue weighted by molar-refractivity contribution is 5.92. The van der Waals surface area contributed by atoms with Crippen molar-refractivity contribution < 1.29 is 19.1 Å². The van der Waals surface area contributed by atoms with Crippen molar-refractivity contribution in [3.8, 4) is 0 Å². The molecule has 0 spiro atoms. The largest absolute Gasteiger partial charge is 0.444 e. The predicted octanol–water partition coefficient (Wildman–Crippen LogP) is 5.13. The Bertz CT molecular complexity index is 816. The van der Waals surface area contributed by atoms with Crippen molar-refractivity contribution in [2.75, 3.05) is 6.54 Å². The Kier molecular flexibility index (Phi) is 11.6. The molecule has 2 N–H and O–H groups in total. The number of carbonyl (C=O) groups is 3. The maximum Gasteiger partial charge on any atom is 0.408 e. The topological polar surface area (TPSA) is 87.7 Å². The van der Waals surface area contributed by atoms with Gasteiger partial charge in [-0.1, -0.05) is 51.5 Å². The van der Waals surface area contributed by atoms with Gasteiger partial charge in [-0.3, -0.25) is 9.59 Å². The van der Waals surface area contributed by atoms with E-state index in [1.165, 1.54) is 0 Å². The third-order valence-corrected chi connectivity index (χ3v) is 5.47. The maximum absolute atomic E-state index is 13.8. The van der Waals surface area contributed by atoms with Crippen LogP contribution >= 0.6 is 0 Å². The molecule has 3 unspecified atom stereocenters. The van der Waals surface area contributed by atoms with Gasteiger partial charge in [-0.25, -0.2) is 4.79 Å². The summed E-state index contributed by atoms with van der Waals surface area (Å²) < 4.78 is 5.40. The Labute approximate surface area is 206 Å². The van der Waals surface area contributed by atoms with Gasteiger partial charge in [0.15, 0.2) is 0 Å². The molecule has 1 aromatic rings. The first kappa shape index (κ1) is 29.5. The first-order chi connectivity index (χ1) is 15.8. The first-order valence-electron chi connectivity index (χ1n) is 12.5. The van der Waals surface area contributed by atoms with Crippen LogP contribution in [0.2, 0.25) is 0 Å². The monoisotopic (exact) mass is 475 g/mol. The summed E-state index contributed by atoms with van der Waals surface area (Å²) in [5.41, 5.74) is 1.02. The number of alkyl carbamates (subject to hydrolysis) is 1. The first-order valence-corrected chi connectivity index (χ1v) is 12.5. The smallest absolute Gasteiger partial charge is 0.408 e. The van der Waals surface area contributed by atoms with Crippen molar-refractivity contribution >= 4 is 17.9 Å². The molecule has 1 aromatic carbocycles. The highest BCUT2D eigenvalue weighted by atomic mass is 16.6. The molecule has 7 nitrogen and oxygen atoms in total. The Balaban J connectivity index is 3.36. The molecule has 34 heavy (non-hydrogen) atoms. The number of benzene rings is 1. The van der Waals surface area contributed by atoms with E-state index in [0.717, 1.165) is 24.0 Å². The van der Waals surface area contributed by atoms with Gasteiger partial charge in [-0.2, -0.15) is 0 Å². The molecular formula is C27H45N3O4. The second-order valence-corrected chi connectivity index (χ2v) is 10.4. The lowest BCUT2D eigenvalue weighted by Gasteiger charge is -2.35. The summed E-state index contributed by atoms with van der Waals surface area (Å²) in [6, 6.07) is 6.00. The summed E-state index contributed by atoms with van der Waals surface area (Å²) in [4.78, 5) is 41.5. The fraction of sp³-hybridized carbons (Fsp3) is 0.667. The quantitative estimate of drug-likeness (QED) is 0.464. The normalized spacial score (nSPS) is 14.2. The zero-order valence-corrected chi connectivity index (χ0v) is 22.5. The van der Waals surface area contributed by atoms with E-state index in [1.807, 2.05) is 58.9 Å². The second kappa shape index (κ2) is 13.4. The number of aryl methyl sites for hydroxylation is 1. The van der Waals surface area contributed by atoms with Crippen molar-refractivity contribution in [3.05, 3.63) is 35.4 Å². The number of likely N-dealkylation sites (N-methyl/N-ethyl adjacent to an activating group) is 1. The van der Waals surface area contributed by atoms with Gasteiger partial charge < -0.3 is 20.3 Å². The summed E-state index contributed by atoms with van der Waals surface area (Å²) >= 11 is 0. The summed E-state index contributed by atoms with van der Waals surface area (Å²) in [7, 11) is 0. The highest BCUT2D eigenvalue weighted by Gasteiger charge is 2.36. The highest BCUT2D eigenvalue weighted by Crippen LogP contribution is 2.26. The molecule has 0 radical (unpaired) electrons. The summed E-state index contributed by atoms with van der Waals surface area (Å²) in [5.74, 6) is -0.363. The Hall–Kier alpha value is -2.57. The fourth-order valence-corrected chi connectivity index (χ4v) is 3.98. The molecule has 0 aliphatic carbocycles. The minimum atomic E-state index is -0.804. The van der Waals surface area contributed by atoms with Crippen LogP contribution in [0, 0.1) is 12.8 Å². The van der Waals surface area contributed by atoms with E-state index in [1.54, 1.807) is 25.7 Å². The van der Waals surface area contributed by atoms with Gasteiger partial charge >= 0.3 is 6.09 Å². The van der Waals surface area contributed by atoms with Crippen LogP contribution in [0.1, 0.15) is 91.8 Å². The number of hydrogen-bond donors (Lipinski definition) is 2. The van der Waals surface area contributed by atoms with Crippen LogP contribution in [0.3, 0.4) is 0 Å². The zero-order valence-electron chi connectivity index (χ0n) is 22.5. The van der Waals surface area contributed by atoms with Crippen LogP contribution < -0.4 is 10.6 Å². The van der Waals surface area contributed by atoms with Gasteiger partial charge in [0.1, 0.15) is 17.7 Å². The van der Waals surface area contributed by atoms with Gasteiger partial charge in [0.2, 0.25) is 11.8 Å². The Morgan fingerprint density at radius 1 is 1.03 bits per heavy atom. The number of rotatable bonds is 11. The number of carbonyl (C=O) groups excluding carboxylic acids is 3. The van der Waals surface area contributed by atoms with Crippen molar-refractivity contribution in [3.63, 3.8) is 0 Å². The van der Waals surface area contributed by atoms with Gasteiger partial charge in [-0.05, 0) is 71.4 Å². The molecule has 1 rings (SSSR count). The Morgan fingerprint density at radius 2 is 1.65 bits per heavy atom. The average molecular weight is 476 g/mol. The minimum absolute atomic E-state index is 0.0100. The second-order valence-electron chi connectivity index (χ2n) is 10.4. The third-order valence-electron chi connectivity index (χ3n) is 5.47. The molecule has 192 valence electrons. The molecule has 0 bridgehead atoms. The van der Waals surface area contributed by atoms with Gasteiger partial charge in [0.05, 0.1) is 0 Å². The molecule has 0 aromatic heterocycles. The summed E-state index contributed by atoms with van der Waals surface area (Å²) in [6.07, 6.45) is 1.59. The molecular weight excluding hydrogens is 430 g/mol. The Morgan fingerprint density at radius 3 is 2.15 bits per heavy atom. The number of ether oxygens (including phenoxy) is 1. The molecule has 0 fully saturated rings. The molecule has 0 heterocycles. The van der Waals surface area contributed by atoms with Crippen molar-refractivity contribution in [2.45, 2.75) is 105 Å². The molecule has 0 aliphatic heterocycles. The van der Waals surface area contributed by atoms with E-state index in [0.29, 0.717) is 13.0 Å². The van der Waals surface area contributed by atoms with E-state index >= 15 is 0 Å². The van der Waals surface area contributed by atoms with E-state index in [9.17, 15) is 14.4 Å². The number of nitrogens with one attached hydrogen (secondary N) is 2. The van der Waals surface area contributed by atoms with Crippen molar-refractivity contribution in [1.82, 2.24) is 15.5 Å². The van der Waals surface area contributed by atoms with Crippen LogP contribution in [0.25, 0.3) is 0 Å². The lowest BCUT2D eigenvalue weighted by molar-refractivity contribution is -0.142. The van der Waals surface area contributed by atoms with Gasteiger partial charge in [0, 0.05) is 12.6 Å². The van der Waals surface area contributed by atoms with E-state index < -0.39 is 23.8 Å². The predicted molar refractivity (Wildman–Crippen MR) is 136 cm³/mol. The number of amides is 3. The number of nitrogens with zero attached hydrogens (tertiary/aromatic N) is 1. The molecule has 7 heteroatoms. The zero-order chi connectivity index (χ0) is 26.1. The fourth-order valence-electron chi connectivity index (χ4n) is 3.98. The van der Waals surface area contributed by atoms with Crippen molar-refractivity contribution in [1.29, 1.82) is 0 Å². The van der Waals surface area contributed by atoms with E-state index in [2.05, 4.69) is 17.6 Å². The van der Waals surface area contributed by atoms with Crippen LogP contribution in [0.15, 0.2) is 24.3 Å². The minimum Gasteiger partial charge on any atom is -0.444 e. The molecule has 3 amide bonds. The van der Waals surface area contributed by atoms with E-state index in [-0.39, 0.29) is 23.8 Å². The molecule has 0 saturated carbocycles. The van der Waals surface area contributed by atoms with Gasteiger partial charge in [0.25, 0.3) is 0 Å². The third kappa shape index (κ3) is 9.35. The number of hydrogen-bond acceptors (Lipinski definition) is 4. The lowest BCUT2D eigenvalue weighted by atomic mass is 9.96. The van der Waals surface area contributed by atoms with Crippen LogP contribution in [-0.4, -0.2) is 47.0 Å².